The average molecular weight is 597 g/mol. The van der Waals surface area contributed by atoms with Gasteiger partial charge in [0, 0.05) is 22.1 Å². The van der Waals surface area contributed by atoms with Crippen LogP contribution in [0.5, 0.6) is 0 Å². The Bertz CT molecular complexity index is 1230. The summed E-state index contributed by atoms with van der Waals surface area (Å²) < 4.78 is 26.3. The number of amides is 2. The Morgan fingerprint density at radius 1 is 1.03 bits per heavy atom. The molecule has 2 aromatic carbocycles. The van der Waals surface area contributed by atoms with Crippen molar-refractivity contribution < 1.29 is 18.0 Å². The van der Waals surface area contributed by atoms with Crippen LogP contribution in [0.2, 0.25) is 20.1 Å². The molecule has 1 N–H and O–H groups in total. The van der Waals surface area contributed by atoms with E-state index in [0.717, 1.165) is 10.6 Å². The van der Waals surface area contributed by atoms with Crippen molar-refractivity contribution in [3.8, 4) is 0 Å². The van der Waals surface area contributed by atoms with E-state index < -0.39 is 34.1 Å². The van der Waals surface area contributed by atoms with E-state index in [1.54, 1.807) is 19.1 Å². The Morgan fingerprint density at radius 2 is 1.67 bits per heavy atom. The van der Waals surface area contributed by atoms with Crippen molar-refractivity contribution in [2.45, 2.75) is 52.2 Å². The van der Waals surface area contributed by atoms with Crippen LogP contribution in [0.15, 0.2) is 36.4 Å². The fourth-order valence-electron chi connectivity index (χ4n) is 3.49. The van der Waals surface area contributed by atoms with Crippen molar-refractivity contribution in [1.82, 2.24) is 10.2 Å². The van der Waals surface area contributed by atoms with Crippen LogP contribution in [0.4, 0.5) is 5.69 Å². The number of anilines is 1. The van der Waals surface area contributed by atoms with Crippen LogP contribution in [-0.2, 0) is 26.2 Å². The normalized spacial score (nSPS) is 12.7. The van der Waals surface area contributed by atoms with E-state index in [1.807, 2.05) is 20.8 Å². The van der Waals surface area contributed by atoms with Crippen LogP contribution in [0, 0.1) is 0 Å². The van der Waals surface area contributed by atoms with Crippen LogP contribution in [0.3, 0.4) is 0 Å². The predicted molar refractivity (Wildman–Crippen MR) is 148 cm³/mol. The molecule has 0 heterocycles. The first-order valence-corrected chi connectivity index (χ1v) is 14.4. The zero-order chi connectivity index (χ0) is 27.4. The highest BCUT2D eigenvalue weighted by molar-refractivity contribution is 7.92. The molecule has 0 saturated heterocycles. The molecule has 0 unspecified atom stereocenters. The van der Waals surface area contributed by atoms with Crippen molar-refractivity contribution in [2.75, 3.05) is 17.1 Å². The van der Waals surface area contributed by atoms with Gasteiger partial charge in [0.05, 0.1) is 22.0 Å². The third-order valence-corrected chi connectivity index (χ3v) is 7.64. The third kappa shape index (κ3) is 8.15. The molecule has 7 nitrogen and oxygen atoms in total. The number of carbonyl (C=O) groups excluding carboxylic acids is 2. The molecule has 2 aromatic rings. The fourth-order valence-corrected chi connectivity index (χ4v) is 5.26. The first kappa shape index (κ1) is 30.5. The summed E-state index contributed by atoms with van der Waals surface area (Å²) in [6, 6.07) is 8.40. The Kier molecular flexibility index (Phi) is 10.4. The number of nitrogens with one attached hydrogen (secondary N) is 1. The zero-order valence-corrected chi connectivity index (χ0v) is 24.5. The highest BCUT2D eigenvalue weighted by Gasteiger charge is 2.34. The van der Waals surface area contributed by atoms with E-state index in [2.05, 4.69) is 5.32 Å². The highest BCUT2D eigenvalue weighted by Crippen LogP contribution is 2.34. The van der Waals surface area contributed by atoms with E-state index in [1.165, 1.54) is 29.2 Å². The van der Waals surface area contributed by atoms with E-state index in [9.17, 15) is 18.0 Å². The van der Waals surface area contributed by atoms with Gasteiger partial charge in [-0.1, -0.05) is 65.5 Å². The number of hydrogen-bond donors (Lipinski definition) is 1. The van der Waals surface area contributed by atoms with Crippen LogP contribution in [0.25, 0.3) is 0 Å². The molecule has 0 radical (unpaired) electrons. The fraction of sp³-hybridized carbons (Fsp3) is 0.417. The van der Waals surface area contributed by atoms with Gasteiger partial charge in [0.1, 0.15) is 12.6 Å². The third-order valence-electron chi connectivity index (χ3n) is 5.12. The maximum atomic E-state index is 13.7. The van der Waals surface area contributed by atoms with Crippen LogP contribution < -0.4 is 9.62 Å². The lowest BCUT2D eigenvalue weighted by Crippen LogP contribution is -2.55. The SMILES string of the molecule is CC[C@H](C(=O)NC(C)(C)C)N(Cc1ccc(Cl)cc1Cl)C(=O)CN(c1cccc(Cl)c1Cl)S(C)(=O)=O. The first-order chi connectivity index (χ1) is 16.5. The van der Waals surface area contributed by atoms with E-state index in [-0.39, 0.29) is 34.6 Å². The summed E-state index contributed by atoms with van der Waals surface area (Å²) in [4.78, 5) is 28.2. The lowest BCUT2D eigenvalue weighted by molar-refractivity contribution is -0.141. The smallest absolute Gasteiger partial charge is 0.244 e. The summed E-state index contributed by atoms with van der Waals surface area (Å²) in [5, 5.41) is 3.74. The topological polar surface area (TPSA) is 86.8 Å². The molecule has 198 valence electrons. The van der Waals surface area contributed by atoms with Gasteiger partial charge in [0.2, 0.25) is 21.8 Å². The van der Waals surface area contributed by atoms with E-state index in [0.29, 0.717) is 15.6 Å². The van der Waals surface area contributed by atoms with Crippen molar-refractivity contribution in [3.05, 3.63) is 62.1 Å². The maximum Gasteiger partial charge on any atom is 0.244 e. The van der Waals surface area contributed by atoms with Crippen LogP contribution >= 0.6 is 46.4 Å². The van der Waals surface area contributed by atoms with Crippen molar-refractivity contribution >= 4 is 73.9 Å². The molecule has 12 heteroatoms. The minimum absolute atomic E-state index is 0.0118. The first-order valence-electron chi connectivity index (χ1n) is 11.0. The molecule has 0 bridgehead atoms. The van der Waals surface area contributed by atoms with Gasteiger partial charge in [-0.05, 0) is 57.0 Å². The summed E-state index contributed by atoms with van der Waals surface area (Å²) in [6.07, 6.45) is 1.23. The molecule has 2 amide bonds. The predicted octanol–water partition coefficient (Wildman–Crippen LogP) is 5.79. The monoisotopic (exact) mass is 595 g/mol. The maximum absolute atomic E-state index is 13.7. The molecule has 0 aliphatic rings. The summed E-state index contributed by atoms with van der Waals surface area (Å²) in [6.45, 7) is 6.58. The number of halogens is 4. The summed E-state index contributed by atoms with van der Waals surface area (Å²) >= 11 is 24.8. The Morgan fingerprint density at radius 3 is 2.19 bits per heavy atom. The Balaban J connectivity index is 2.54. The number of benzene rings is 2. The van der Waals surface area contributed by atoms with Gasteiger partial charge in [-0.25, -0.2) is 8.42 Å². The minimum Gasteiger partial charge on any atom is -0.350 e. The molecule has 2 rings (SSSR count). The minimum atomic E-state index is -3.96. The van der Waals surface area contributed by atoms with Crippen molar-refractivity contribution in [2.24, 2.45) is 0 Å². The Hall–Kier alpha value is -1.71. The molecule has 0 spiro atoms. The molecule has 1 atom stereocenters. The van der Waals surface area contributed by atoms with Crippen molar-refractivity contribution in [3.63, 3.8) is 0 Å². The second-order valence-electron chi connectivity index (χ2n) is 9.26. The van der Waals surface area contributed by atoms with E-state index >= 15 is 0 Å². The molecule has 0 aromatic heterocycles. The highest BCUT2D eigenvalue weighted by atomic mass is 35.5. The van der Waals surface area contributed by atoms with Crippen LogP contribution in [-0.4, -0.2) is 49.5 Å². The van der Waals surface area contributed by atoms with Crippen molar-refractivity contribution in [1.29, 1.82) is 0 Å². The van der Waals surface area contributed by atoms with Gasteiger partial charge in [-0.2, -0.15) is 0 Å². The van der Waals surface area contributed by atoms with Gasteiger partial charge in [-0.3, -0.25) is 13.9 Å². The lowest BCUT2D eigenvalue weighted by Gasteiger charge is -2.34. The molecule has 36 heavy (non-hydrogen) atoms. The Labute approximate surface area is 232 Å². The molecule has 0 aliphatic heterocycles. The molecule has 0 aliphatic carbocycles. The number of rotatable bonds is 9. The zero-order valence-electron chi connectivity index (χ0n) is 20.6. The summed E-state index contributed by atoms with van der Waals surface area (Å²) in [5.41, 5.74) is 0.0457. The summed E-state index contributed by atoms with van der Waals surface area (Å²) in [7, 11) is -3.96. The number of nitrogens with zero attached hydrogens (tertiary/aromatic N) is 2. The van der Waals surface area contributed by atoms with Crippen LogP contribution in [0.1, 0.15) is 39.7 Å². The van der Waals surface area contributed by atoms with Gasteiger partial charge < -0.3 is 10.2 Å². The molecular weight excluding hydrogens is 568 g/mol. The lowest BCUT2D eigenvalue weighted by atomic mass is 10.1. The largest absolute Gasteiger partial charge is 0.350 e. The number of sulfonamides is 1. The second-order valence-corrected chi connectivity index (χ2v) is 12.8. The molecule has 0 saturated carbocycles. The number of carbonyl (C=O) groups is 2. The van der Waals surface area contributed by atoms with Gasteiger partial charge in [0.25, 0.3) is 0 Å². The van der Waals surface area contributed by atoms with Gasteiger partial charge >= 0.3 is 0 Å². The molecular formula is C24H29Cl4N3O4S. The van der Waals surface area contributed by atoms with Gasteiger partial charge in [-0.15, -0.1) is 0 Å². The second kappa shape index (κ2) is 12.2. The number of hydrogen-bond acceptors (Lipinski definition) is 4. The average Bonchev–Trinajstić information content (AvgIpc) is 2.73. The van der Waals surface area contributed by atoms with E-state index in [4.69, 9.17) is 46.4 Å². The van der Waals surface area contributed by atoms with Gasteiger partial charge in [0.15, 0.2) is 0 Å². The quantitative estimate of drug-likeness (QED) is 0.397. The molecule has 0 fully saturated rings. The standard InChI is InChI=1S/C24H29Cl4N3O4S/c1-6-19(23(33)29-24(2,3)4)30(13-15-10-11-16(25)12-18(15)27)21(32)14-31(36(5,34)35)20-9-7-8-17(26)22(20)28/h7-12,19H,6,13-14H2,1-5H3,(H,29,33)/t19-/m1/s1. The summed E-state index contributed by atoms with van der Waals surface area (Å²) in [5.74, 6) is -1.01.